The molecule has 1 aromatic rings. The molecule has 1 fully saturated rings. The fraction of sp³-hybridized carbons (Fsp3) is 0.583. The van der Waals surface area contributed by atoms with Crippen molar-refractivity contribution in [2.24, 2.45) is 0 Å². The van der Waals surface area contributed by atoms with Gasteiger partial charge in [0, 0.05) is 46.5 Å². The van der Waals surface area contributed by atoms with Gasteiger partial charge >= 0.3 is 0 Å². The second-order valence-corrected chi connectivity index (χ2v) is 7.06. The van der Waals surface area contributed by atoms with Crippen LogP contribution in [0, 0.1) is 0 Å². The average molecular weight is 300 g/mol. The van der Waals surface area contributed by atoms with Crippen LogP contribution in [0.5, 0.6) is 0 Å². The van der Waals surface area contributed by atoms with Crippen LogP contribution in [0.25, 0.3) is 0 Å². The van der Waals surface area contributed by atoms with Crippen LogP contribution in [0.1, 0.15) is 16.9 Å². The zero-order valence-electron chi connectivity index (χ0n) is 11.7. The number of amides is 1. The molecule has 2 rings (SSSR count). The summed E-state index contributed by atoms with van der Waals surface area (Å²) in [6, 6.07) is 3.50. The van der Waals surface area contributed by atoms with Gasteiger partial charge in [0.2, 0.25) is 0 Å². The van der Waals surface area contributed by atoms with Gasteiger partial charge < -0.3 is 9.88 Å². The number of aromatic nitrogens is 1. The van der Waals surface area contributed by atoms with Crippen LogP contribution in [0.2, 0.25) is 0 Å². The van der Waals surface area contributed by atoms with Gasteiger partial charge in [-0.2, -0.15) is 17.0 Å². The van der Waals surface area contributed by atoms with Crippen LogP contribution in [0.15, 0.2) is 18.3 Å². The van der Waals surface area contributed by atoms with Crippen molar-refractivity contribution in [3.8, 4) is 0 Å². The Morgan fingerprint density at radius 3 is 2.60 bits per heavy atom. The normalized spacial score (nSPS) is 18.2. The highest BCUT2D eigenvalue weighted by atomic mass is 32.2. The summed E-state index contributed by atoms with van der Waals surface area (Å²) in [7, 11) is -0.373. The van der Waals surface area contributed by atoms with E-state index in [0.29, 0.717) is 38.3 Å². The average Bonchev–Trinajstić information content (AvgIpc) is 2.81. The van der Waals surface area contributed by atoms with Crippen LogP contribution in [0.4, 0.5) is 0 Å². The number of carbonyl (C=O) groups is 1. The predicted molar refractivity (Wildman–Crippen MR) is 75.5 cm³/mol. The quantitative estimate of drug-likeness (QED) is 0.851. The van der Waals surface area contributed by atoms with E-state index in [0.717, 1.165) is 0 Å². The minimum Gasteiger partial charge on any atom is -0.357 e. The van der Waals surface area contributed by atoms with Crippen molar-refractivity contribution in [2.75, 3.05) is 40.3 Å². The number of rotatable bonds is 3. The van der Waals surface area contributed by atoms with E-state index in [-0.39, 0.29) is 5.91 Å². The Morgan fingerprint density at radius 1 is 1.25 bits per heavy atom. The molecule has 0 atom stereocenters. The largest absolute Gasteiger partial charge is 0.357 e. The SMILES string of the molecule is CN(C)S(=O)(=O)N1CCCN(C(=O)c2ccc[nH]2)CC1. The van der Waals surface area contributed by atoms with Gasteiger partial charge in [0.1, 0.15) is 5.69 Å². The number of nitrogens with zero attached hydrogens (tertiary/aromatic N) is 3. The van der Waals surface area contributed by atoms with Crippen molar-refractivity contribution in [2.45, 2.75) is 6.42 Å². The smallest absolute Gasteiger partial charge is 0.281 e. The highest BCUT2D eigenvalue weighted by molar-refractivity contribution is 7.86. The second-order valence-electron chi connectivity index (χ2n) is 4.92. The topological polar surface area (TPSA) is 76.7 Å². The molecule has 112 valence electrons. The van der Waals surface area contributed by atoms with E-state index < -0.39 is 10.2 Å². The Labute approximate surface area is 119 Å². The Hall–Kier alpha value is -1.38. The Bertz CT molecular complexity index is 553. The lowest BCUT2D eigenvalue weighted by atomic mass is 10.3. The van der Waals surface area contributed by atoms with E-state index in [9.17, 15) is 13.2 Å². The molecule has 8 heteroatoms. The third-order valence-corrected chi connectivity index (χ3v) is 5.30. The molecule has 20 heavy (non-hydrogen) atoms. The van der Waals surface area contributed by atoms with E-state index in [1.807, 2.05) is 0 Å². The first kappa shape index (κ1) is 15.0. The van der Waals surface area contributed by atoms with Crippen molar-refractivity contribution in [3.05, 3.63) is 24.0 Å². The molecule has 1 aromatic heterocycles. The van der Waals surface area contributed by atoms with Gasteiger partial charge in [0.05, 0.1) is 0 Å². The lowest BCUT2D eigenvalue weighted by Crippen LogP contribution is -2.42. The fourth-order valence-electron chi connectivity index (χ4n) is 2.19. The van der Waals surface area contributed by atoms with Crippen LogP contribution < -0.4 is 0 Å². The molecule has 7 nitrogen and oxygen atoms in total. The standard InChI is InChI=1S/C12H20N4O3S/c1-14(2)20(18,19)16-8-4-7-15(9-10-16)12(17)11-5-3-6-13-11/h3,5-6,13H,4,7-10H2,1-2H3. The molecule has 0 radical (unpaired) electrons. The van der Waals surface area contributed by atoms with E-state index in [1.54, 1.807) is 23.2 Å². The molecule has 1 aliphatic rings. The Morgan fingerprint density at radius 2 is 2.00 bits per heavy atom. The number of hydrogen-bond acceptors (Lipinski definition) is 3. The monoisotopic (exact) mass is 300 g/mol. The molecule has 1 aliphatic heterocycles. The van der Waals surface area contributed by atoms with E-state index in [2.05, 4.69) is 4.98 Å². The summed E-state index contributed by atoms with van der Waals surface area (Å²) in [5, 5.41) is 0. The molecule has 1 amide bonds. The molecule has 0 aromatic carbocycles. The van der Waals surface area contributed by atoms with Crippen LogP contribution in [-0.4, -0.2) is 73.1 Å². The molecule has 0 saturated carbocycles. The first-order chi connectivity index (χ1) is 9.43. The Kier molecular flexibility index (Phi) is 4.46. The van der Waals surface area contributed by atoms with Crippen LogP contribution in [-0.2, 0) is 10.2 Å². The van der Waals surface area contributed by atoms with Gasteiger partial charge in [-0.25, -0.2) is 0 Å². The summed E-state index contributed by atoms with van der Waals surface area (Å²) in [6.07, 6.45) is 2.34. The third kappa shape index (κ3) is 3.02. The van der Waals surface area contributed by atoms with Crippen molar-refractivity contribution in [3.63, 3.8) is 0 Å². The summed E-state index contributed by atoms with van der Waals surface area (Å²) in [4.78, 5) is 16.8. The number of nitrogens with one attached hydrogen (secondary N) is 1. The fourth-order valence-corrected chi connectivity index (χ4v) is 3.33. The zero-order valence-corrected chi connectivity index (χ0v) is 12.6. The molecule has 1 N–H and O–H groups in total. The lowest BCUT2D eigenvalue weighted by molar-refractivity contribution is 0.0759. The molecule has 0 spiro atoms. The predicted octanol–water partition coefficient (Wildman–Crippen LogP) is -0.0310. The summed E-state index contributed by atoms with van der Waals surface area (Å²) in [6.45, 7) is 1.74. The minimum atomic E-state index is -3.41. The van der Waals surface area contributed by atoms with Gasteiger partial charge in [-0.15, -0.1) is 0 Å². The van der Waals surface area contributed by atoms with Crippen molar-refractivity contribution >= 4 is 16.1 Å². The summed E-state index contributed by atoms with van der Waals surface area (Å²) < 4.78 is 26.8. The van der Waals surface area contributed by atoms with Gasteiger partial charge in [-0.1, -0.05) is 0 Å². The second kappa shape index (κ2) is 5.94. The maximum Gasteiger partial charge on any atom is 0.281 e. The number of hydrogen-bond donors (Lipinski definition) is 1. The number of H-pyrrole nitrogens is 1. The molecule has 1 saturated heterocycles. The summed E-state index contributed by atoms with van der Waals surface area (Å²) >= 11 is 0. The molecular formula is C12H20N4O3S. The molecule has 0 aliphatic carbocycles. The third-order valence-electron chi connectivity index (χ3n) is 3.36. The molecule has 2 heterocycles. The van der Waals surface area contributed by atoms with Gasteiger partial charge in [-0.3, -0.25) is 4.79 Å². The van der Waals surface area contributed by atoms with Gasteiger partial charge in [0.25, 0.3) is 16.1 Å². The lowest BCUT2D eigenvalue weighted by Gasteiger charge is -2.24. The number of carbonyl (C=O) groups excluding carboxylic acids is 1. The maximum absolute atomic E-state index is 12.2. The summed E-state index contributed by atoms with van der Waals surface area (Å²) in [5.41, 5.74) is 0.536. The van der Waals surface area contributed by atoms with E-state index >= 15 is 0 Å². The molecular weight excluding hydrogens is 280 g/mol. The first-order valence-electron chi connectivity index (χ1n) is 6.53. The minimum absolute atomic E-state index is 0.0842. The maximum atomic E-state index is 12.2. The molecule has 0 unspecified atom stereocenters. The van der Waals surface area contributed by atoms with E-state index in [1.165, 1.54) is 22.7 Å². The van der Waals surface area contributed by atoms with Gasteiger partial charge in [0.15, 0.2) is 0 Å². The summed E-state index contributed by atoms with van der Waals surface area (Å²) in [5.74, 6) is -0.0842. The van der Waals surface area contributed by atoms with Crippen LogP contribution >= 0.6 is 0 Å². The highest BCUT2D eigenvalue weighted by Crippen LogP contribution is 2.12. The van der Waals surface area contributed by atoms with Crippen molar-refractivity contribution < 1.29 is 13.2 Å². The first-order valence-corrected chi connectivity index (χ1v) is 7.93. The number of aromatic amines is 1. The van der Waals surface area contributed by atoms with Crippen molar-refractivity contribution in [1.29, 1.82) is 0 Å². The van der Waals surface area contributed by atoms with Crippen LogP contribution in [0.3, 0.4) is 0 Å². The highest BCUT2D eigenvalue weighted by Gasteiger charge is 2.28. The Balaban J connectivity index is 2.05. The van der Waals surface area contributed by atoms with Gasteiger partial charge in [-0.05, 0) is 18.6 Å². The molecule has 0 bridgehead atoms. The zero-order chi connectivity index (χ0) is 14.8. The van der Waals surface area contributed by atoms with Crippen molar-refractivity contribution in [1.82, 2.24) is 18.5 Å². The van der Waals surface area contributed by atoms with E-state index in [4.69, 9.17) is 0 Å².